The van der Waals surface area contributed by atoms with E-state index in [0.717, 1.165) is 0 Å². The van der Waals surface area contributed by atoms with Crippen molar-refractivity contribution in [1.29, 1.82) is 0 Å². The molecule has 0 radical (unpaired) electrons. The molecule has 1 aliphatic heterocycles. The van der Waals surface area contributed by atoms with E-state index in [1.165, 1.54) is 25.4 Å². The minimum atomic E-state index is -0.614. The summed E-state index contributed by atoms with van der Waals surface area (Å²) in [5.41, 5.74) is 0.338. The van der Waals surface area contributed by atoms with Crippen molar-refractivity contribution in [3.05, 3.63) is 48.0 Å². The molecule has 1 aromatic heterocycles. The van der Waals surface area contributed by atoms with Crippen LogP contribution in [0.5, 0.6) is 0 Å². The van der Waals surface area contributed by atoms with Crippen molar-refractivity contribution in [1.82, 2.24) is 20.1 Å². The van der Waals surface area contributed by atoms with Crippen molar-refractivity contribution in [2.45, 2.75) is 45.3 Å². The van der Waals surface area contributed by atoms with Gasteiger partial charge in [0.25, 0.3) is 5.91 Å². The average molecular weight is 504 g/mol. The number of benzene rings is 1. The number of anilines is 1. The van der Waals surface area contributed by atoms with Crippen LogP contribution in [0.1, 0.15) is 44.0 Å². The molecular formula is C25H34FN5O5. The summed E-state index contributed by atoms with van der Waals surface area (Å²) in [6.45, 7) is 6.89. The third-order valence-corrected chi connectivity index (χ3v) is 5.43. The number of amides is 4. The van der Waals surface area contributed by atoms with Gasteiger partial charge in [0, 0.05) is 50.9 Å². The quantitative estimate of drug-likeness (QED) is 0.501. The predicted octanol–water partition coefficient (Wildman–Crippen LogP) is 3.51. The Labute approximate surface area is 210 Å². The molecule has 0 saturated carbocycles. The maximum absolute atomic E-state index is 13.8. The van der Waals surface area contributed by atoms with Gasteiger partial charge in [-0.15, -0.1) is 0 Å². The Morgan fingerprint density at radius 1 is 1.19 bits per heavy atom. The number of nitrogens with zero attached hydrogens (tertiary/aromatic N) is 2. The lowest BCUT2D eigenvalue weighted by Crippen LogP contribution is -2.50. The first kappa shape index (κ1) is 27.0. The second-order valence-corrected chi connectivity index (χ2v) is 9.59. The molecule has 36 heavy (non-hydrogen) atoms. The van der Waals surface area contributed by atoms with E-state index in [4.69, 9.17) is 9.47 Å². The van der Waals surface area contributed by atoms with Crippen LogP contribution < -0.4 is 16.0 Å². The van der Waals surface area contributed by atoms with Crippen molar-refractivity contribution in [3.63, 3.8) is 0 Å². The second-order valence-electron chi connectivity index (χ2n) is 9.59. The molecule has 1 atom stereocenters. The summed E-state index contributed by atoms with van der Waals surface area (Å²) in [6.07, 6.45) is 4.06. The molecule has 0 aliphatic carbocycles. The third kappa shape index (κ3) is 7.70. The number of urea groups is 1. The van der Waals surface area contributed by atoms with E-state index < -0.39 is 29.4 Å². The Bertz CT molecular complexity index is 1080. The van der Waals surface area contributed by atoms with Crippen LogP contribution in [0.4, 0.5) is 19.7 Å². The summed E-state index contributed by atoms with van der Waals surface area (Å²) >= 11 is 0. The number of nitrogens with one attached hydrogen (secondary N) is 3. The van der Waals surface area contributed by atoms with Crippen molar-refractivity contribution < 1.29 is 28.2 Å². The van der Waals surface area contributed by atoms with Crippen molar-refractivity contribution >= 4 is 23.7 Å². The molecular weight excluding hydrogens is 469 g/mol. The minimum absolute atomic E-state index is 0.204. The van der Waals surface area contributed by atoms with Crippen LogP contribution in [-0.2, 0) is 9.47 Å². The lowest BCUT2D eigenvalue weighted by atomic mass is 10.1. The predicted molar refractivity (Wildman–Crippen MR) is 133 cm³/mol. The molecule has 3 rings (SSSR count). The standard InChI is InChI=1S/C25H34FN5O5/c1-25(2,3)36-24(34)30-11-6-8-18(14-30)28-22(32)20-15-31(19-9-5-7-17(26)13-19)16-21(20)29-23(33)27-10-12-35-4/h5,7,9,13,15-16,18H,6,8,10-12,14H2,1-4H3,(H,28,32)(H2,27,29,33)/t18-/m0/s1. The van der Waals surface area contributed by atoms with Crippen LogP contribution in [0.25, 0.3) is 5.69 Å². The number of methoxy groups -OCH3 is 1. The van der Waals surface area contributed by atoms with Gasteiger partial charge in [-0.1, -0.05) is 6.07 Å². The number of likely N-dealkylation sites (tertiary alicyclic amines) is 1. The van der Waals surface area contributed by atoms with Crippen LogP contribution in [-0.4, -0.2) is 72.5 Å². The van der Waals surface area contributed by atoms with Gasteiger partial charge in [-0.25, -0.2) is 14.0 Å². The Morgan fingerprint density at radius 3 is 2.67 bits per heavy atom. The first-order chi connectivity index (χ1) is 17.1. The molecule has 1 fully saturated rings. The van der Waals surface area contributed by atoms with Crippen LogP contribution in [0.3, 0.4) is 0 Å². The lowest BCUT2D eigenvalue weighted by Gasteiger charge is -2.34. The van der Waals surface area contributed by atoms with Crippen LogP contribution in [0.2, 0.25) is 0 Å². The van der Waals surface area contributed by atoms with E-state index in [1.807, 2.05) is 0 Å². The number of ether oxygens (including phenoxy) is 2. The molecule has 1 saturated heterocycles. The van der Waals surface area contributed by atoms with Gasteiger partial charge in [0.1, 0.15) is 11.4 Å². The van der Waals surface area contributed by atoms with E-state index in [-0.39, 0.29) is 23.8 Å². The highest BCUT2D eigenvalue weighted by atomic mass is 19.1. The topological polar surface area (TPSA) is 114 Å². The number of rotatable bonds is 7. The molecule has 196 valence electrons. The third-order valence-electron chi connectivity index (χ3n) is 5.43. The van der Waals surface area contributed by atoms with E-state index in [1.54, 1.807) is 48.6 Å². The molecule has 2 aromatic rings. The van der Waals surface area contributed by atoms with Crippen LogP contribution in [0.15, 0.2) is 36.7 Å². The maximum atomic E-state index is 13.8. The Hall–Kier alpha value is -3.60. The van der Waals surface area contributed by atoms with Gasteiger partial charge in [0.05, 0.1) is 17.9 Å². The van der Waals surface area contributed by atoms with Crippen molar-refractivity contribution in [3.8, 4) is 5.69 Å². The first-order valence-corrected chi connectivity index (χ1v) is 11.9. The van der Waals surface area contributed by atoms with Crippen molar-refractivity contribution in [2.24, 2.45) is 0 Å². The van der Waals surface area contributed by atoms with Crippen molar-refractivity contribution in [2.75, 3.05) is 38.7 Å². The fourth-order valence-electron chi connectivity index (χ4n) is 3.80. The van der Waals surface area contributed by atoms with Gasteiger partial charge in [-0.3, -0.25) is 4.79 Å². The Morgan fingerprint density at radius 2 is 1.97 bits per heavy atom. The van der Waals surface area contributed by atoms with E-state index in [9.17, 15) is 18.8 Å². The van der Waals surface area contributed by atoms with Gasteiger partial charge < -0.3 is 34.9 Å². The SMILES string of the molecule is COCCNC(=O)Nc1cn(-c2cccc(F)c2)cc1C(=O)N[C@H]1CCCN(C(=O)OC(C)(C)C)C1. The minimum Gasteiger partial charge on any atom is -0.444 e. The van der Waals surface area contributed by atoms with Gasteiger partial charge in [0.2, 0.25) is 0 Å². The summed E-state index contributed by atoms with van der Waals surface area (Å²) in [6, 6.07) is 5.09. The fourth-order valence-corrected chi connectivity index (χ4v) is 3.80. The number of carbonyl (C=O) groups excluding carboxylic acids is 3. The van der Waals surface area contributed by atoms with Gasteiger partial charge >= 0.3 is 12.1 Å². The maximum Gasteiger partial charge on any atom is 0.410 e. The molecule has 1 aromatic carbocycles. The molecule has 2 heterocycles. The summed E-state index contributed by atoms with van der Waals surface area (Å²) in [5.74, 6) is -0.850. The molecule has 0 bridgehead atoms. The largest absolute Gasteiger partial charge is 0.444 e. The smallest absolute Gasteiger partial charge is 0.410 e. The molecule has 3 N–H and O–H groups in total. The summed E-state index contributed by atoms with van der Waals surface area (Å²) in [5, 5.41) is 8.28. The number of halogens is 1. The monoisotopic (exact) mass is 503 g/mol. The number of hydrogen-bond donors (Lipinski definition) is 3. The number of hydrogen-bond acceptors (Lipinski definition) is 5. The van der Waals surface area contributed by atoms with E-state index >= 15 is 0 Å². The summed E-state index contributed by atoms with van der Waals surface area (Å²) in [7, 11) is 1.52. The first-order valence-electron chi connectivity index (χ1n) is 11.9. The zero-order chi connectivity index (χ0) is 26.3. The summed E-state index contributed by atoms with van der Waals surface area (Å²) in [4.78, 5) is 39.7. The normalized spacial score (nSPS) is 15.8. The highest BCUT2D eigenvalue weighted by Gasteiger charge is 2.29. The molecule has 0 unspecified atom stereocenters. The second kappa shape index (κ2) is 11.9. The Balaban J connectivity index is 1.76. The molecule has 4 amide bonds. The lowest BCUT2D eigenvalue weighted by molar-refractivity contribution is 0.0185. The zero-order valence-corrected chi connectivity index (χ0v) is 21.1. The van der Waals surface area contributed by atoms with Gasteiger partial charge in [-0.2, -0.15) is 0 Å². The molecule has 11 heteroatoms. The van der Waals surface area contributed by atoms with Gasteiger partial charge in [0.15, 0.2) is 0 Å². The van der Waals surface area contributed by atoms with Gasteiger partial charge in [-0.05, 0) is 51.8 Å². The summed E-state index contributed by atoms with van der Waals surface area (Å²) < 4.78 is 25.7. The van der Waals surface area contributed by atoms with Crippen LogP contribution >= 0.6 is 0 Å². The number of carbonyl (C=O) groups is 3. The number of piperidine rings is 1. The average Bonchev–Trinajstić information content (AvgIpc) is 3.22. The van der Waals surface area contributed by atoms with E-state index in [0.29, 0.717) is 38.2 Å². The zero-order valence-electron chi connectivity index (χ0n) is 21.1. The highest BCUT2D eigenvalue weighted by Crippen LogP contribution is 2.23. The fraction of sp³-hybridized carbons (Fsp3) is 0.480. The van der Waals surface area contributed by atoms with E-state index in [2.05, 4.69) is 16.0 Å². The molecule has 1 aliphatic rings. The van der Waals surface area contributed by atoms with Crippen LogP contribution in [0, 0.1) is 5.82 Å². The Kier molecular flexibility index (Phi) is 8.92. The number of aromatic nitrogens is 1. The molecule has 0 spiro atoms. The molecule has 10 nitrogen and oxygen atoms in total. The highest BCUT2D eigenvalue weighted by molar-refractivity contribution is 6.03.